The molecule has 0 saturated carbocycles. The van der Waals surface area contributed by atoms with Crippen molar-refractivity contribution in [1.29, 1.82) is 0 Å². The second kappa shape index (κ2) is 7.48. The van der Waals surface area contributed by atoms with Crippen LogP contribution in [0.4, 0.5) is 0 Å². The molecule has 7 heteroatoms. The fourth-order valence-corrected chi connectivity index (χ4v) is 2.41. The number of hydrogen-bond acceptors (Lipinski definition) is 4. The predicted molar refractivity (Wildman–Crippen MR) is 93.3 cm³/mol. The Balaban J connectivity index is 1.64. The lowest BCUT2D eigenvalue weighted by Crippen LogP contribution is -2.25. The second-order valence-corrected chi connectivity index (χ2v) is 5.43. The zero-order valence-corrected chi connectivity index (χ0v) is 13.7. The zero-order chi connectivity index (χ0) is 17.6. The number of amides is 2. The molecule has 0 saturated heterocycles. The van der Waals surface area contributed by atoms with Crippen molar-refractivity contribution in [1.82, 2.24) is 20.8 Å². The maximum Gasteiger partial charge on any atom is 0.257 e. The first-order valence-corrected chi connectivity index (χ1v) is 7.80. The van der Waals surface area contributed by atoms with Gasteiger partial charge in [0, 0.05) is 19.0 Å². The summed E-state index contributed by atoms with van der Waals surface area (Å²) in [5.41, 5.74) is 2.26. The van der Waals surface area contributed by atoms with Gasteiger partial charge in [-0.2, -0.15) is 5.10 Å². The molecule has 0 aliphatic heterocycles. The monoisotopic (exact) mass is 338 g/mol. The van der Waals surface area contributed by atoms with Crippen LogP contribution in [-0.4, -0.2) is 35.7 Å². The zero-order valence-electron chi connectivity index (χ0n) is 13.7. The van der Waals surface area contributed by atoms with Crippen LogP contribution in [0.25, 0.3) is 10.9 Å². The van der Waals surface area contributed by atoms with Crippen LogP contribution in [0.15, 0.2) is 48.7 Å². The van der Waals surface area contributed by atoms with Gasteiger partial charge in [-0.15, -0.1) is 0 Å². The third kappa shape index (κ3) is 3.95. The Morgan fingerprint density at radius 1 is 1.20 bits per heavy atom. The van der Waals surface area contributed by atoms with Crippen molar-refractivity contribution >= 4 is 22.7 Å². The van der Waals surface area contributed by atoms with Crippen LogP contribution < -0.4 is 15.4 Å². The molecule has 7 nitrogen and oxygen atoms in total. The van der Waals surface area contributed by atoms with E-state index in [9.17, 15) is 9.59 Å². The highest BCUT2D eigenvalue weighted by Crippen LogP contribution is 2.17. The number of carbonyl (C=O) groups excluding carboxylic acids is 2. The number of hydrogen-bond donors (Lipinski definition) is 3. The van der Waals surface area contributed by atoms with Gasteiger partial charge in [0.2, 0.25) is 0 Å². The highest BCUT2D eigenvalue weighted by atomic mass is 16.5. The summed E-state index contributed by atoms with van der Waals surface area (Å²) in [5, 5.41) is 13.0. The molecule has 3 rings (SSSR count). The van der Waals surface area contributed by atoms with E-state index in [0.717, 1.165) is 16.5 Å². The number of rotatable bonds is 6. The van der Waals surface area contributed by atoms with Gasteiger partial charge < -0.3 is 15.4 Å². The normalized spacial score (nSPS) is 10.4. The van der Waals surface area contributed by atoms with Gasteiger partial charge in [0.05, 0.1) is 17.3 Å². The number of H-pyrrole nitrogens is 1. The van der Waals surface area contributed by atoms with Crippen molar-refractivity contribution in [2.45, 2.75) is 6.54 Å². The Labute approximate surface area is 144 Å². The first-order valence-electron chi connectivity index (χ1n) is 7.80. The summed E-state index contributed by atoms with van der Waals surface area (Å²) in [6.45, 7) is 0.305. The van der Waals surface area contributed by atoms with Gasteiger partial charge >= 0.3 is 0 Å². The van der Waals surface area contributed by atoms with E-state index in [0.29, 0.717) is 17.9 Å². The average Bonchev–Trinajstić information content (AvgIpc) is 3.13. The van der Waals surface area contributed by atoms with Crippen molar-refractivity contribution in [2.75, 3.05) is 13.7 Å². The van der Waals surface area contributed by atoms with Gasteiger partial charge in [0.15, 0.2) is 6.61 Å². The predicted octanol–water partition coefficient (Wildman–Crippen LogP) is 1.62. The maximum atomic E-state index is 12.4. The molecular weight excluding hydrogens is 320 g/mol. The number of ether oxygens (including phenoxy) is 1. The summed E-state index contributed by atoms with van der Waals surface area (Å²) in [5.74, 6) is 0.197. The molecule has 0 radical (unpaired) electrons. The molecule has 0 bridgehead atoms. The topological polar surface area (TPSA) is 96.1 Å². The number of carbonyl (C=O) groups is 2. The third-order valence-corrected chi connectivity index (χ3v) is 3.73. The van der Waals surface area contributed by atoms with Crippen LogP contribution in [0.3, 0.4) is 0 Å². The Kier molecular flexibility index (Phi) is 4.94. The smallest absolute Gasteiger partial charge is 0.257 e. The minimum absolute atomic E-state index is 0.0468. The summed E-state index contributed by atoms with van der Waals surface area (Å²) >= 11 is 0. The van der Waals surface area contributed by atoms with E-state index < -0.39 is 0 Å². The summed E-state index contributed by atoms with van der Waals surface area (Å²) in [4.78, 5) is 23.7. The lowest BCUT2D eigenvalue weighted by molar-refractivity contribution is -0.122. The lowest BCUT2D eigenvalue weighted by atomic mass is 10.1. The fourth-order valence-electron chi connectivity index (χ4n) is 2.41. The van der Waals surface area contributed by atoms with Crippen molar-refractivity contribution in [3.05, 3.63) is 59.8 Å². The van der Waals surface area contributed by atoms with Gasteiger partial charge in [-0.25, -0.2) is 0 Å². The van der Waals surface area contributed by atoms with Crippen LogP contribution >= 0.6 is 0 Å². The SMILES string of the molecule is CNC(=O)COc1cccc(CNC(=O)c2cccc3[nH]ncc23)c1. The third-order valence-electron chi connectivity index (χ3n) is 3.73. The molecule has 0 aliphatic carbocycles. The molecule has 2 amide bonds. The van der Waals surface area contributed by atoms with Gasteiger partial charge in [-0.05, 0) is 29.8 Å². The lowest BCUT2D eigenvalue weighted by Gasteiger charge is -2.09. The molecular formula is C18H18N4O3. The number of aromatic nitrogens is 2. The summed E-state index contributed by atoms with van der Waals surface area (Å²) < 4.78 is 5.40. The Morgan fingerprint density at radius 3 is 2.88 bits per heavy atom. The van der Waals surface area contributed by atoms with Crippen LogP contribution in [0.2, 0.25) is 0 Å². The van der Waals surface area contributed by atoms with Crippen LogP contribution in [0.5, 0.6) is 5.75 Å². The van der Waals surface area contributed by atoms with E-state index in [1.165, 1.54) is 0 Å². The molecule has 0 atom stereocenters. The van der Waals surface area contributed by atoms with Crippen LogP contribution in [-0.2, 0) is 11.3 Å². The number of aromatic amines is 1. The van der Waals surface area contributed by atoms with E-state index in [2.05, 4.69) is 20.8 Å². The van der Waals surface area contributed by atoms with E-state index >= 15 is 0 Å². The fraction of sp³-hybridized carbons (Fsp3) is 0.167. The first-order chi connectivity index (χ1) is 12.2. The maximum absolute atomic E-state index is 12.4. The molecule has 1 aromatic heterocycles. The van der Waals surface area contributed by atoms with Gasteiger partial charge in [-0.1, -0.05) is 18.2 Å². The molecule has 128 valence electrons. The van der Waals surface area contributed by atoms with Crippen molar-refractivity contribution in [3.63, 3.8) is 0 Å². The van der Waals surface area contributed by atoms with Crippen molar-refractivity contribution in [2.24, 2.45) is 0 Å². The van der Waals surface area contributed by atoms with Gasteiger partial charge in [0.25, 0.3) is 11.8 Å². The van der Waals surface area contributed by atoms with Crippen molar-refractivity contribution < 1.29 is 14.3 Å². The molecule has 2 aromatic carbocycles. The number of benzene rings is 2. The Morgan fingerprint density at radius 2 is 2.04 bits per heavy atom. The van der Waals surface area contributed by atoms with Crippen LogP contribution in [0.1, 0.15) is 15.9 Å². The Bertz CT molecular complexity index is 904. The molecule has 0 aliphatic rings. The average molecular weight is 338 g/mol. The standard InChI is InChI=1S/C18H18N4O3/c1-19-17(23)11-25-13-5-2-4-12(8-13)9-20-18(24)14-6-3-7-16-15(14)10-21-22-16/h2-8,10H,9,11H2,1H3,(H,19,23)(H,20,24)(H,21,22). The summed E-state index contributed by atoms with van der Waals surface area (Å²) in [6, 6.07) is 12.7. The summed E-state index contributed by atoms with van der Waals surface area (Å²) in [6.07, 6.45) is 1.64. The molecule has 3 aromatic rings. The minimum atomic E-state index is -0.202. The van der Waals surface area contributed by atoms with E-state index in [4.69, 9.17) is 4.74 Å². The van der Waals surface area contributed by atoms with Gasteiger partial charge in [0.1, 0.15) is 5.75 Å². The number of likely N-dealkylation sites (N-methyl/N-ethyl adjacent to an activating group) is 1. The highest BCUT2D eigenvalue weighted by molar-refractivity contribution is 6.05. The molecule has 0 spiro atoms. The quantitative estimate of drug-likeness (QED) is 0.636. The van der Waals surface area contributed by atoms with Crippen molar-refractivity contribution in [3.8, 4) is 5.75 Å². The van der Waals surface area contributed by atoms with E-state index in [-0.39, 0.29) is 18.4 Å². The number of fused-ring (bicyclic) bond motifs is 1. The highest BCUT2D eigenvalue weighted by Gasteiger charge is 2.11. The van der Waals surface area contributed by atoms with Crippen LogP contribution in [0, 0.1) is 0 Å². The van der Waals surface area contributed by atoms with Gasteiger partial charge in [-0.3, -0.25) is 14.7 Å². The molecule has 25 heavy (non-hydrogen) atoms. The Hall–Kier alpha value is -3.35. The number of nitrogens with zero attached hydrogens (tertiary/aromatic N) is 1. The summed E-state index contributed by atoms with van der Waals surface area (Å²) in [7, 11) is 1.55. The molecule has 1 heterocycles. The molecule has 0 fully saturated rings. The second-order valence-electron chi connectivity index (χ2n) is 5.43. The first kappa shape index (κ1) is 16.5. The van der Waals surface area contributed by atoms with E-state index in [1.807, 2.05) is 24.3 Å². The largest absolute Gasteiger partial charge is 0.484 e. The number of nitrogens with one attached hydrogen (secondary N) is 3. The van der Waals surface area contributed by atoms with E-state index in [1.54, 1.807) is 31.4 Å². The minimum Gasteiger partial charge on any atom is -0.484 e. The molecule has 3 N–H and O–H groups in total. The molecule has 0 unspecified atom stereocenters.